The van der Waals surface area contributed by atoms with E-state index < -0.39 is 0 Å². The van der Waals surface area contributed by atoms with Crippen molar-refractivity contribution in [2.45, 2.75) is 24.9 Å². The third-order valence-corrected chi connectivity index (χ3v) is 4.06. The highest BCUT2D eigenvalue weighted by Gasteiger charge is 2.42. The number of hydrogen-bond donors (Lipinski definition) is 1. The second-order valence-electron chi connectivity index (χ2n) is 4.82. The fourth-order valence-corrected chi connectivity index (χ4v) is 3.03. The molecule has 4 heteroatoms. The minimum atomic E-state index is 0.108. The van der Waals surface area contributed by atoms with Crippen LogP contribution >= 0.6 is 15.9 Å². The van der Waals surface area contributed by atoms with Crippen LogP contribution in [0.15, 0.2) is 28.7 Å². The van der Waals surface area contributed by atoms with Crippen LogP contribution in [-0.4, -0.2) is 36.0 Å². The largest absolute Gasteiger partial charge is 0.339 e. The van der Waals surface area contributed by atoms with E-state index in [9.17, 15) is 4.79 Å². The molecule has 3 nitrogen and oxygen atoms in total. The van der Waals surface area contributed by atoms with E-state index in [1.807, 2.05) is 17.0 Å². The summed E-state index contributed by atoms with van der Waals surface area (Å²) in [6.07, 6.45) is 1.97. The Kier molecular flexibility index (Phi) is 2.92. The van der Waals surface area contributed by atoms with Gasteiger partial charge in [-0.05, 0) is 30.5 Å². The number of halogens is 1. The second kappa shape index (κ2) is 4.42. The molecule has 3 fully saturated rings. The minimum Gasteiger partial charge on any atom is -0.339 e. The zero-order chi connectivity index (χ0) is 11.8. The van der Waals surface area contributed by atoms with Crippen molar-refractivity contribution in [1.29, 1.82) is 0 Å². The Bertz CT molecular complexity index is 443. The molecular weight excluding hydrogens is 280 g/mol. The third kappa shape index (κ3) is 2.24. The molecule has 2 atom stereocenters. The number of carbonyl (C=O) groups excluding carboxylic acids is 1. The van der Waals surface area contributed by atoms with E-state index in [0.717, 1.165) is 30.4 Å². The number of piperidine rings is 1. The first-order chi connectivity index (χ1) is 8.22. The van der Waals surface area contributed by atoms with Crippen LogP contribution in [0.25, 0.3) is 0 Å². The molecule has 3 aliphatic heterocycles. The Morgan fingerprint density at radius 2 is 2.29 bits per heavy atom. The van der Waals surface area contributed by atoms with Crippen molar-refractivity contribution >= 4 is 21.8 Å². The average molecular weight is 295 g/mol. The highest BCUT2D eigenvalue weighted by molar-refractivity contribution is 9.10. The zero-order valence-corrected chi connectivity index (χ0v) is 11.1. The number of hydrogen-bond acceptors (Lipinski definition) is 2. The van der Waals surface area contributed by atoms with Gasteiger partial charge in [-0.25, -0.2) is 0 Å². The molecular formula is C13H15BrN2O. The summed E-state index contributed by atoms with van der Waals surface area (Å²) in [5, 5.41) is 3.27. The average Bonchev–Trinajstić information content (AvgIpc) is 2.26. The molecule has 17 heavy (non-hydrogen) atoms. The molecule has 3 saturated heterocycles. The molecule has 90 valence electrons. The summed E-state index contributed by atoms with van der Waals surface area (Å²) < 4.78 is 1.10. The SMILES string of the molecule is O=C1C2CC(CN1CCc1cccc(Br)c1)N2. The van der Waals surface area contributed by atoms with E-state index in [1.165, 1.54) is 5.56 Å². The monoisotopic (exact) mass is 294 g/mol. The molecule has 2 bridgehead atoms. The van der Waals surface area contributed by atoms with Gasteiger partial charge in [-0.2, -0.15) is 0 Å². The lowest BCUT2D eigenvalue weighted by Gasteiger charge is -2.47. The van der Waals surface area contributed by atoms with E-state index in [-0.39, 0.29) is 11.9 Å². The van der Waals surface area contributed by atoms with Gasteiger partial charge in [-0.3, -0.25) is 4.79 Å². The molecule has 2 unspecified atom stereocenters. The van der Waals surface area contributed by atoms with Crippen LogP contribution in [0, 0.1) is 0 Å². The van der Waals surface area contributed by atoms with E-state index in [4.69, 9.17) is 0 Å². The second-order valence-corrected chi connectivity index (χ2v) is 5.73. The number of amides is 1. The third-order valence-electron chi connectivity index (χ3n) is 3.57. The highest BCUT2D eigenvalue weighted by atomic mass is 79.9. The molecule has 0 aliphatic carbocycles. The van der Waals surface area contributed by atoms with Crippen LogP contribution in [0.2, 0.25) is 0 Å². The minimum absolute atomic E-state index is 0.108. The number of rotatable bonds is 3. The molecule has 4 rings (SSSR count). The predicted octanol–water partition coefficient (Wildman–Crippen LogP) is 1.56. The van der Waals surface area contributed by atoms with Crippen molar-refractivity contribution < 1.29 is 4.79 Å². The Morgan fingerprint density at radius 1 is 1.47 bits per heavy atom. The summed E-state index contributed by atoms with van der Waals surface area (Å²) >= 11 is 3.47. The van der Waals surface area contributed by atoms with Crippen molar-refractivity contribution in [3.63, 3.8) is 0 Å². The zero-order valence-electron chi connectivity index (χ0n) is 9.53. The van der Waals surface area contributed by atoms with Gasteiger partial charge >= 0.3 is 0 Å². The van der Waals surface area contributed by atoms with Gasteiger partial charge in [0.1, 0.15) is 0 Å². The molecule has 0 spiro atoms. The molecule has 0 aromatic heterocycles. The van der Waals surface area contributed by atoms with Gasteiger partial charge in [0.2, 0.25) is 5.91 Å². The lowest BCUT2D eigenvalue weighted by Crippen LogP contribution is -2.69. The lowest BCUT2D eigenvalue weighted by atomic mass is 9.90. The first-order valence-corrected chi connectivity index (χ1v) is 6.81. The topological polar surface area (TPSA) is 32.3 Å². The first kappa shape index (κ1) is 11.2. The Balaban J connectivity index is 1.59. The first-order valence-electron chi connectivity index (χ1n) is 6.01. The number of nitrogens with one attached hydrogen (secondary N) is 1. The maximum atomic E-state index is 11.9. The summed E-state index contributed by atoms with van der Waals surface area (Å²) in [5.41, 5.74) is 1.28. The van der Waals surface area contributed by atoms with E-state index in [1.54, 1.807) is 0 Å². The maximum Gasteiger partial charge on any atom is 0.239 e. The summed E-state index contributed by atoms with van der Waals surface area (Å²) in [6, 6.07) is 8.94. The summed E-state index contributed by atoms with van der Waals surface area (Å²) in [6.45, 7) is 1.72. The summed E-state index contributed by atoms with van der Waals surface area (Å²) in [5.74, 6) is 0.280. The smallest absolute Gasteiger partial charge is 0.239 e. The van der Waals surface area contributed by atoms with Crippen LogP contribution in [0.4, 0.5) is 0 Å². The van der Waals surface area contributed by atoms with Gasteiger partial charge in [-0.15, -0.1) is 0 Å². The number of nitrogens with zero attached hydrogens (tertiary/aromatic N) is 1. The van der Waals surface area contributed by atoms with E-state index in [0.29, 0.717) is 6.04 Å². The Labute approximate surface area is 109 Å². The number of fused-ring (bicyclic) bond motifs is 2. The summed E-state index contributed by atoms with van der Waals surface area (Å²) in [4.78, 5) is 13.9. The van der Waals surface area contributed by atoms with Crippen molar-refractivity contribution in [1.82, 2.24) is 10.2 Å². The Morgan fingerprint density at radius 3 is 3.00 bits per heavy atom. The van der Waals surface area contributed by atoms with Crippen LogP contribution in [-0.2, 0) is 11.2 Å². The van der Waals surface area contributed by atoms with Crippen molar-refractivity contribution in [2.75, 3.05) is 13.1 Å². The van der Waals surface area contributed by atoms with Crippen molar-refractivity contribution in [2.24, 2.45) is 0 Å². The Hall–Kier alpha value is -0.870. The van der Waals surface area contributed by atoms with Crippen LogP contribution in [0.3, 0.4) is 0 Å². The van der Waals surface area contributed by atoms with Gasteiger partial charge in [0.05, 0.1) is 6.04 Å². The predicted molar refractivity (Wildman–Crippen MR) is 69.8 cm³/mol. The molecule has 1 aromatic rings. The summed E-state index contributed by atoms with van der Waals surface area (Å²) in [7, 11) is 0. The molecule has 3 heterocycles. The standard InChI is InChI=1S/C13H15BrN2O/c14-10-3-1-2-9(6-10)4-5-16-8-11-7-12(15-11)13(16)17/h1-3,6,11-12,15H,4-5,7-8H2. The maximum absolute atomic E-state index is 11.9. The van der Waals surface area contributed by atoms with Crippen LogP contribution < -0.4 is 5.32 Å². The van der Waals surface area contributed by atoms with E-state index >= 15 is 0 Å². The number of carbonyl (C=O) groups is 1. The number of piperazine rings is 1. The molecule has 1 N–H and O–H groups in total. The molecule has 3 aliphatic rings. The van der Waals surface area contributed by atoms with Gasteiger partial charge in [0.25, 0.3) is 0 Å². The normalized spacial score (nSPS) is 26.9. The van der Waals surface area contributed by atoms with Crippen molar-refractivity contribution in [3.8, 4) is 0 Å². The fourth-order valence-electron chi connectivity index (χ4n) is 2.58. The fraction of sp³-hybridized carbons (Fsp3) is 0.462. The quantitative estimate of drug-likeness (QED) is 0.918. The molecule has 1 aromatic carbocycles. The highest BCUT2D eigenvalue weighted by Crippen LogP contribution is 2.22. The molecule has 0 radical (unpaired) electrons. The van der Waals surface area contributed by atoms with Crippen LogP contribution in [0.1, 0.15) is 12.0 Å². The van der Waals surface area contributed by atoms with Gasteiger partial charge in [0.15, 0.2) is 0 Å². The van der Waals surface area contributed by atoms with Gasteiger partial charge in [-0.1, -0.05) is 28.1 Å². The molecule has 1 amide bonds. The lowest BCUT2D eigenvalue weighted by molar-refractivity contribution is -0.142. The van der Waals surface area contributed by atoms with E-state index in [2.05, 4.69) is 33.4 Å². The molecule has 0 saturated carbocycles. The van der Waals surface area contributed by atoms with Crippen LogP contribution in [0.5, 0.6) is 0 Å². The van der Waals surface area contributed by atoms with Gasteiger partial charge in [0, 0.05) is 23.6 Å². The number of benzene rings is 1. The van der Waals surface area contributed by atoms with Crippen molar-refractivity contribution in [3.05, 3.63) is 34.3 Å². The van der Waals surface area contributed by atoms with Gasteiger partial charge < -0.3 is 10.2 Å².